The third-order valence-electron chi connectivity index (χ3n) is 2.61. The molecule has 0 radical (unpaired) electrons. The van der Waals surface area contributed by atoms with Gasteiger partial charge < -0.3 is 0 Å². The van der Waals surface area contributed by atoms with Crippen molar-refractivity contribution >= 4 is 32.6 Å². The minimum Gasteiger partial charge on any atom is -0.294 e. The van der Waals surface area contributed by atoms with Gasteiger partial charge in [0.05, 0.1) is 0 Å². The summed E-state index contributed by atoms with van der Waals surface area (Å²) in [6.07, 6.45) is 0. The fourth-order valence-electron chi connectivity index (χ4n) is 1.79. The molecule has 0 saturated carbocycles. The Labute approximate surface area is 129 Å². The minimum absolute atomic E-state index is 0.214. The molecule has 9 heteroatoms. The molecular weight excluding hydrogens is 398 g/mol. The smallest absolute Gasteiger partial charge is 0.273 e. The molecule has 0 spiro atoms. The van der Waals surface area contributed by atoms with E-state index in [0.29, 0.717) is 15.0 Å². The van der Waals surface area contributed by atoms with Crippen LogP contribution in [0, 0.1) is 9.39 Å². The highest BCUT2D eigenvalue weighted by Gasteiger charge is 2.24. The second-order valence-electron chi connectivity index (χ2n) is 4.44. The number of rotatable bonds is 3. The fourth-order valence-corrected chi connectivity index (χ4v) is 3.24. The summed E-state index contributed by atoms with van der Waals surface area (Å²) in [6.45, 7) is 3.58. The first kappa shape index (κ1) is 15.3. The van der Waals surface area contributed by atoms with E-state index in [1.807, 2.05) is 22.6 Å². The van der Waals surface area contributed by atoms with E-state index in [1.54, 1.807) is 13.8 Å². The molecule has 0 amide bonds. The van der Waals surface area contributed by atoms with Crippen LogP contribution in [0.5, 0.6) is 0 Å². The normalized spacial score (nSPS) is 12.1. The molecule has 0 atom stereocenters. The van der Waals surface area contributed by atoms with Crippen LogP contribution in [0.3, 0.4) is 0 Å². The number of benzene rings is 1. The Morgan fingerprint density at radius 1 is 1.35 bits per heavy atom. The van der Waals surface area contributed by atoms with Gasteiger partial charge >= 0.3 is 0 Å². The lowest BCUT2D eigenvalue weighted by atomic mass is 10.2. The second kappa shape index (κ2) is 5.37. The molecule has 0 aliphatic carbocycles. The van der Waals surface area contributed by atoms with Crippen LogP contribution < -0.4 is 5.14 Å². The summed E-state index contributed by atoms with van der Waals surface area (Å²) in [5.74, 6) is -0.0335. The van der Waals surface area contributed by atoms with Gasteiger partial charge in [0.15, 0.2) is 5.82 Å². The number of aromatic nitrogens is 3. The first-order chi connectivity index (χ1) is 9.21. The Kier molecular flexibility index (Phi) is 4.12. The van der Waals surface area contributed by atoms with Crippen molar-refractivity contribution in [2.24, 2.45) is 5.14 Å². The Bertz CT molecular complexity index is 758. The third kappa shape index (κ3) is 2.83. The van der Waals surface area contributed by atoms with Crippen LogP contribution in [0.1, 0.15) is 19.9 Å². The largest absolute Gasteiger partial charge is 0.294 e. The number of nitrogens with zero attached hydrogens (tertiary/aromatic N) is 3. The lowest BCUT2D eigenvalue weighted by Gasteiger charge is -2.13. The van der Waals surface area contributed by atoms with E-state index in [4.69, 9.17) is 5.14 Å². The van der Waals surface area contributed by atoms with Gasteiger partial charge in [-0.3, -0.25) is 4.57 Å². The molecule has 1 heterocycles. The van der Waals surface area contributed by atoms with Crippen LogP contribution in [0.25, 0.3) is 11.4 Å². The van der Waals surface area contributed by atoms with Gasteiger partial charge in [-0.15, -0.1) is 10.2 Å². The molecule has 108 valence electrons. The van der Waals surface area contributed by atoms with Crippen LogP contribution in [0.2, 0.25) is 0 Å². The van der Waals surface area contributed by atoms with Crippen molar-refractivity contribution in [2.75, 3.05) is 0 Å². The molecule has 20 heavy (non-hydrogen) atoms. The van der Waals surface area contributed by atoms with Crippen LogP contribution in [0.15, 0.2) is 23.4 Å². The maximum absolute atomic E-state index is 13.2. The van der Waals surface area contributed by atoms with Crippen LogP contribution in [-0.2, 0) is 10.0 Å². The predicted octanol–water partition coefficient (Wildman–Crippen LogP) is 1.92. The Hall–Kier alpha value is -1.07. The molecule has 1 aromatic heterocycles. The number of primary sulfonamides is 1. The molecule has 0 aliphatic heterocycles. The number of sulfonamides is 1. The summed E-state index contributed by atoms with van der Waals surface area (Å²) in [5, 5.41) is 12.4. The van der Waals surface area contributed by atoms with Gasteiger partial charge in [0.25, 0.3) is 15.2 Å². The number of halogens is 2. The SMILES string of the molecule is CC(C)n1c(-c2ccc(F)cc2I)nnc1S(N)(=O)=O. The number of nitrogens with two attached hydrogens (primary N) is 1. The highest BCUT2D eigenvalue weighted by Crippen LogP contribution is 2.28. The Morgan fingerprint density at radius 3 is 2.50 bits per heavy atom. The Morgan fingerprint density at radius 2 is 2.00 bits per heavy atom. The van der Waals surface area contributed by atoms with Crippen LogP contribution >= 0.6 is 22.6 Å². The van der Waals surface area contributed by atoms with Gasteiger partial charge in [0, 0.05) is 15.2 Å². The third-order valence-corrected chi connectivity index (χ3v) is 4.29. The molecule has 2 rings (SSSR count). The average Bonchev–Trinajstić information content (AvgIpc) is 2.72. The minimum atomic E-state index is -3.97. The maximum atomic E-state index is 13.2. The lowest BCUT2D eigenvalue weighted by molar-refractivity contribution is 0.524. The first-order valence-electron chi connectivity index (χ1n) is 5.65. The first-order valence-corrected chi connectivity index (χ1v) is 8.27. The standard InChI is InChI=1S/C11H12FIN4O2S/c1-6(2)17-10(15-16-11(17)20(14,18)19)8-4-3-7(12)5-9(8)13/h3-6H,1-2H3,(H2,14,18,19). The van der Waals surface area contributed by atoms with Gasteiger partial charge in [0.2, 0.25) is 0 Å². The van der Waals surface area contributed by atoms with E-state index in [2.05, 4.69) is 10.2 Å². The molecule has 0 aliphatic rings. The lowest BCUT2D eigenvalue weighted by Crippen LogP contribution is -2.20. The summed E-state index contributed by atoms with van der Waals surface area (Å²) in [5.41, 5.74) is 0.600. The van der Waals surface area contributed by atoms with Gasteiger partial charge in [-0.05, 0) is 54.6 Å². The summed E-state index contributed by atoms with van der Waals surface area (Å²) in [6, 6.07) is 3.95. The molecule has 0 unspecified atom stereocenters. The fraction of sp³-hybridized carbons (Fsp3) is 0.273. The molecule has 2 N–H and O–H groups in total. The van der Waals surface area contributed by atoms with Crippen molar-refractivity contribution in [3.8, 4) is 11.4 Å². The summed E-state index contributed by atoms with van der Waals surface area (Å²) in [7, 11) is -3.97. The average molecular weight is 410 g/mol. The monoisotopic (exact) mass is 410 g/mol. The highest BCUT2D eigenvalue weighted by molar-refractivity contribution is 14.1. The van der Waals surface area contributed by atoms with Crippen molar-refractivity contribution in [1.82, 2.24) is 14.8 Å². The molecule has 2 aromatic rings. The van der Waals surface area contributed by atoms with Crippen molar-refractivity contribution in [3.05, 3.63) is 27.6 Å². The molecule has 1 aromatic carbocycles. The maximum Gasteiger partial charge on any atom is 0.273 e. The zero-order chi connectivity index (χ0) is 15.1. The number of hydrogen-bond acceptors (Lipinski definition) is 4. The van der Waals surface area contributed by atoms with E-state index in [0.717, 1.165) is 0 Å². The quantitative estimate of drug-likeness (QED) is 0.783. The zero-order valence-electron chi connectivity index (χ0n) is 10.7. The Balaban J connectivity index is 2.73. The number of hydrogen-bond donors (Lipinski definition) is 1. The predicted molar refractivity (Wildman–Crippen MR) is 79.9 cm³/mol. The van der Waals surface area contributed by atoms with Crippen LogP contribution in [0.4, 0.5) is 4.39 Å². The van der Waals surface area contributed by atoms with E-state index >= 15 is 0 Å². The van der Waals surface area contributed by atoms with E-state index < -0.39 is 10.0 Å². The van der Waals surface area contributed by atoms with Crippen LogP contribution in [-0.4, -0.2) is 23.2 Å². The summed E-state index contributed by atoms with van der Waals surface area (Å²) in [4.78, 5) is 0. The van der Waals surface area contributed by atoms with Gasteiger partial charge in [0.1, 0.15) is 5.82 Å². The van der Waals surface area contributed by atoms with Gasteiger partial charge in [-0.25, -0.2) is 17.9 Å². The molecule has 0 saturated heterocycles. The molecule has 6 nitrogen and oxygen atoms in total. The second-order valence-corrected chi connectivity index (χ2v) is 7.06. The highest BCUT2D eigenvalue weighted by atomic mass is 127. The van der Waals surface area contributed by atoms with E-state index in [1.165, 1.54) is 22.8 Å². The van der Waals surface area contributed by atoms with E-state index in [9.17, 15) is 12.8 Å². The van der Waals surface area contributed by atoms with Crippen molar-refractivity contribution < 1.29 is 12.8 Å². The van der Waals surface area contributed by atoms with Crippen molar-refractivity contribution in [2.45, 2.75) is 25.0 Å². The zero-order valence-corrected chi connectivity index (χ0v) is 13.7. The topological polar surface area (TPSA) is 90.9 Å². The van der Waals surface area contributed by atoms with Gasteiger partial charge in [-0.2, -0.15) is 0 Å². The van der Waals surface area contributed by atoms with E-state index in [-0.39, 0.29) is 17.0 Å². The summed E-state index contributed by atoms with van der Waals surface area (Å²) >= 11 is 1.96. The van der Waals surface area contributed by atoms with Crippen molar-refractivity contribution in [3.63, 3.8) is 0 Å². The molecule has 0 bridgehead atoms. The van der Waals surface area contributed by atoms with Gasteiger partial charge in [-0.1, -0.05) is 0 Å². The molecule has 0 fully saturated rings. The van der Waals surface area contributed by atoms with Crippen molar-refractivity contribution in [1.29, 1.82) is 0 Å². The molecular formula is C11H12FIN4O2S. The summed E-state index contributed by atoms with van der Waals surface area (Å²) < 4.78 is 38.3.